The molecule has 0 spiro atoms. The maximum Gasteiger partial charge on any atom is 0.223 e. The number of aliphatic hydroxyl groups is 1. The lowest BCUT2D eigenvalue weighted by atomic mass is 10.1. The van der Waals surface area contributed by atoms with Gasteiger partial charge in [-0.15, -0.1) is 0 Å². The van der Waals surface area contributed by atoms with Crippen LogP contribution in [-0.4, -0.2) is 33.3 Å². The molecule has 0 amide bonds. The molecule has 0 bridgehead atoms. The molecule has 5 heteroatoms. The fourth-order valence-electron chi connectivity index (χ4n) is 2.39. The summed E-state index contributed by atoms with van der Waals surface area (Å²) in [6, 6.07) is 1.33. The number of nitrogens with zero attached hydrogens (tertiary/aromatic N) is 2. The van der Waals surface area contributed by atoms with Gasteiger partial charge in [0, 0.05) is 24.8 Å². The number of pyridine rings is 1. The van der Waals surface area contributed by atoms with E-state index >= 15 is 0 Å². The van der Waals surface area contributed by atoms with Gasteiger partial charge >= 0.3 is 0 Å². The zero-order valence-electron chi connectivity index (χ0n) is 13.6. The monoisotopic (exact) mass is 296 g/mol. The Hall–Kier alpha value is -1.33. The van der Waals surface area contributed by atoms with Crippen molar-refractivity contribution < 1.29 is 10.2 Å². The minimum Gasteiger partial charge on any atom is -0.503 e. The molecule has 0 aliphatic carbocycles. The normalized spacial score (nSPS) is 11.6. The first-order chi connectivity index (χ1) is 9.90. The molecule has 0 fully saturated rings. The maximum absolute atomic E-state index is 11.9. The Morgan fingerprint density at radius 1 is 1.38 bits per heavy atom. The third-order valence-electron chi connectivity index (χ3n) is 3.50. The van der Waals surface area contributed by atoms with Crippen molar-refractivity contribution in [3.63, 3.8) is 0 Å². The molecular weight excluding hydrogens is 268 g/mol. The van der Waals surface area contributed by atoms with Gasteiger partial charge in [0.25, 0.3) is 0 Å². The second kappa shape index (κ2) is 8.20. The zero-order chi connectivity index (χ0) is 16.0. The number of aromatic hydroxyl groups is 1. The van der Waals surface area contributed by atoms with Crippen LogP contribution in [0.15, 0.2) is 10.9 Å². The first-order valence-electron chi connectivity index (χ1n) is 7.64. The average Bonchev–Trinajstić information content (AvgIpc) is 2.43. The van der Waals surface area contributed by atoms with E-state index in [0.717, 1.165) is 19.4 Å². The first kappa shape index (κ1) is 17.7. The SMILES string of the molecule is CCCCN(C)Cc1c(O)c(=O)cc(CO)n1CC(C)C. The van der Waals surface area contributed by atoms with Crippen molar-refractivity contribution in [2.75, 3.05) is 13.6 Å². The van der Waals surface area contributed by atoms with Crippen LogP contribution in [-0.2, 0) is 19.7 Å². The Labute approximate surface area is 126 Å². The van der Waals surface area contributed by atoms with Crippen molar-refractivity contribution in [3.05, 3.63) is 27.7 Å². The highest BCUT2D eigenvalue weighted by Crippen LogP contribution is 2.19. The lowest BCUT2D eigenvalue weighted by Gasteiger charge is -2.24. The minimum absolute atomic E-state index is 0.198. The lowest BCUT2D eigenvalue weighted by Crippen LogP contribution is -2.26. The second-order valence-electron chi connectivity index (χ2n) is 6.05. The molecule has 1 rings (SSSR count). The van der Waals surface area contributed by atoms with E-state index in [9.17, 15) is 15.0 Å². The van der Waals surface area contributed by atoms with Crippen molar-refractivity contribution >= 4 is 0 Å². The summed E-state index contributed by atoms with van der Waals surface area (Å²) in [5, 5.41) is 19.6. The van der Waals surface area contributed by atoms with Crippen molar-refractivity contribution in [2.24, 2.45) is 5.92 Å². The second-order valence-corrected chi connectivity index (χ2v) is 6.05. The number of rotatable bonds is 8. The molecule has 0 aromatic carbocycles. The molecule has 21 heavy (non-hydrogen) atoms. The van der Waals surface area contributed by atoms with E-state index in [0.29, 0.717) is 30.4 Å². The third kappa shape index (κ3) is 4.86. The van der Waals surface area contributed by atoms with Crippen LogP contribution in [0.2, 0.25) is 0 Å². The van der Waals surface area contributed by atoms with E-state index in [4.69, 9.17) is 0 Å². The maximum atomic E-state index is 11.9. The number of hydrogen-bond donors (Lipinski definition) is 2. The summed E-state index contributed by atoms with van der Waals surface area (Å²) in [5.41, 5.74) is 0.738. The summed E-state index contributed by atoms with van der Waals surface area (Å²) < 4.78 is 1.88. The van der Waals surface area contributed by atoms with Gasteiger partial charge < -0.3 is 19.7 Å². The minimum atomic E-state index is -0.419. The Morgan fingerprint density at radius 3 is 2.57 bits per heavy atom. The largest absolute Gasteiger partial charge is 0.503 e. The third-order valence-corrected chi connectivity index (χ3v) is 3.50. The molecule has 5 nitrogen and oxygen atoms in total. The van der Waals surface area contributed by atoms with Gasteiger partial charge in [0.15, 0.2) is 5.75 Å². The average molecular weight is 296 g/mol. The molecule has 120 valence electrons. The summed E-state index contributed by atoms with van der Waals surface area (Å²) in [6.07, 6.45) is 2.18. The summed E-state index contributed by atoms with van der Waals surface area (Å²) in [7, 11) is 1.98. The molecule has 2 N–H and O–H groups in total. The first-order valence-corrected chi connectivity index (χ1v) is 7.64. The molecule has 0 atom stereocenters. The highest BCUT2D eigenvalue weighted by Gasteiger charge is 2.16. The molecule has 0 radical (unpaired) electrons. The van der Waals surface area contributed by atoms with Gasteiger partial charge in [0.2, 0.25) is 5.43 Å². The van der Waals surface area contributed by atoms with Crippen molar-refractivity contribution in [3.8, 4) is 5.75 Å². The number of aromatic nitrogens is 1. The molecule has 1 aromatic rings. The standard InChI is InChI=1S/C16H28N2O3/c1-5-6-7-17(4)10-14-16(21)15(20)8-13(11-19)18(14)9-12(2)3/h8,12,19,21H,5-7,9-11H2,1-4H3. The van der Waals surface area contributed by atoms with Crippen LogP contribution < -0.4 is 5.43 Å². The van der Waals surface area contributed by atoms with E-state index in [2.05, 4.69) is 25.7 Å². The molecule has 0 unspecified atom stereocenters. The summed E-state index contributed by atoms with van der Waals surface area (Å²) >= 11 is 0. The van der Waals surface area contributed by atoms with Crippen LogP contribution in [0.3, 0.4) is 0 Å². The molecule has 1 aromatic heterocycles. The Bertz CT molecular complexity index is 509. The van der Waals surface area contributed by atoms with Gasteiger partial charge in [-0.3, -0.25) is 4.79 Å². The number of hydrogen-bond acceptors (Lipinski definition) is 4. The van der Waals surface area contributed by atoms with Gasteiger partial charge in [0.1, 0.15) is 0 Å². The quantitative estimate of drug-likeness (QED) is 0.769. The van der Waals surface area contributed by atoms with E-state index in [1.165, 1.54) is 6.07 Å². The molecule has 0 aliphatic heterocycles. The molecular formula is C16H28N2O3. The van der Waals surface area contributed by atoms with Crippen LogP contribution in [0.4, 0.5) is 0 Å². The van der Waals surface area contributed by atoms with Crippen molar-refractivity contribution in [1.82, 2.24) is 9.47 Å². The van der Waals surface area contributed by atoms with E-state index < -0.39 is 5.43 Å². The van der Waals surface area contributed by atoms with E-state index in [1.807, 2.05) is 11.6 Å². The molecule has 0 saturated carbocycles. The Morgan fingerprint density at radius 2 is 2.05 bits per heavy atom. The van der Waals surface area contributed by atoms with Gasteiger partial charge in [0.05, 0.1) is 12.3 Å². The predicted molar refractivity (Wildman–Crippen MR) is 84.4 cm³/mol. The molecule has 0 aliphatic rings. The Kier molecular flexibility index (Phi) is 6.92. The van der Waals surface area contributed by atoms with Gasteiger partial charge in [-0.2, -0.15) is 0 Å². The fraction of sp³-hybridized carbons (Fsp3) is 0.688. The molecule has 1 heterocycles. The van der Waals surface area contributed by atoms with Crippen LogP contribution in [0.1, 0.15) is 45.0 Å². The highest BCUT2D eigenvalue weighted by atomic mass is 16.3. The van der Waals surface area contributed by atoms with Crippen LogP contribution in [0.5, 0.6) is 5.75 Å². The Balaban J connectivity index is 3.19. The summed E-state index contributed by atoms with van der Waals surface area (Å²) in [6.45, 7) is 8.15. The fourth-order valence-corrected chi connectivity index (χ4v) is 2.39. The lowest BCUT2D eigenvalue weighted by molar-refractivity contribution is 0.257. The topological polar surface area (TPSA) is 65.7 Å². The number of aliphatic hydroxyl groups excluding tert-OH is 1. The van der Waals surface area contributed by atoms with Crippen LogP contribution >= 0.6 is 0 Å². The highest BCUT2D eigenvalue weighted by molar-refractivity contribution is 5.30. The van der Waals surface area contributed by atoms with Crippen LogP contribution in [0, 0.1) is 5.92 Å². The zero-order valence-corrected chi connectivity index (χ0v) is 13.6. The van der Waals surface area contributed by atoms with E-state index in [1.54, 1.807) is 0 Å². The van der Waals surface area contributed by atoms with Crippen molar-refractivity contribution in [1.29, 1.82) is 0 Å². The predicted octanol–water partition coefficient (Wildman–Crippen LogP) is 1.93. The smallest absolute Gasteiger partial charge is 0.223 e. The summed E-state index contributed by atoms with van der Waals surface area (Å²) in [4.78, 5) is 14.0. The van der Waals surface area contributed by atoms with Gasteiger partial charge in [-0.1, -0.05) is 27.2 Å². The van der Waals surface area contributed by atoms with Gasteiger partial charge in [-0.05, 0) is 25.9 Å². The number of unbranched alkanes of at least 4 members (excludes halogenated alkanes) is 1. The molecule has 0 saturated heterocycles. The van der Waals surface area contributed by atoms with Gasteiger partial charge in [-0.25, -0.2) is 0 Å². The summed E-state index contributed by atoms with van der Waals surface area (Å²) in [5.74, 6) is 0.160. The van der Waals surface area contributed by atoms with Crippen molar-refractivity contribution in [2.45, 2.75) is 53.3 Å². The van der Waals surface area contributed by atoms with E-state index in [-0.39, 0.29) is 12.4 Å². The van der Waals surface area contributed by atoms with Crippen LogP contribution in [0.25, 0.3) is 0 Å².